The Balaban J connectivity index is 0.000000531. The zero-order chi connectivity index (χ0) is 11.3. The first-order chi connectivity index (χ1) is 7.25. The van der Waals surface area contributed by atoms with Crippen molar-refractivity contribution in [3.05, 3.63) is 41.6 Å². The molecule has 0 spiro atoms. The van der Waals surface area contributed by atoms with Crippen molar-refractivity contribution in [2.75, 3.05) is 0 Å². The summed E-state index contributed by atoms with van der Waals surface area (Å²) in [5, 5.41) is 0. The molecule has 0 aromatic carbocycles. The van der Waals surface area contributed by atoms with Gasteiger partial charge in [0.1, 0.15) is 17.3 Å². The van der Waals surface area contributed by atoms with E-state index in [1.807, 2.05) is 32.9 Å². The second kappa shape index (κ2) is 5.54. The van der Waals surface area contributed by atoms with Gasteiger partial charge in [0, 0.05) is 0 Å². The molecule has 82 valence electrons. The van der Waals surface area contributed by atoms with Gasteiger partial charge in [0.25, 0.3) is 0 Å². The van der Waals surface area contributed by atoms with Gasteiger partial charge < -0.3 is 4.42 Å². The van der Waals surface area contributed by atoms with Crippen molar-refractivity contribution in [2.45, 2.75) is 33.6 Å². The lowest BCUT2D eigenvalue weighted by atomic mass is 10.0. The van der Waals surface area contributed by atoms with Crippen molar-refractivity contribution in [1.82, 2.24) is 0 Å². The molecule has 1 aromatic heterocycles. The summed E-state index contributed by atoms with van der Waals surface area (Å²) in [6.07, 6.45) is 4.76. The average molecular weight is 208 g/mol. The summed E-state index contributed by atoms with van der Waals surface area (Å²) < 4.78 is 18.3. The van der Waals surface area contributed by atoms with E-state index in [0.717, 1.165) is 29.9 Å². The highest BCUT2D eigenvalue weighted by molar-refractivity contribution is 5.65. The topological polar surface area (TPSA) is 13.1 Å². The van der Waals surface area contributed by atoms with Crippen LogP contribution in [-0.2, 0) is 0 Å². The Bertz CT molecular complexity index is 372. The third-order valence-corrected chi connectivity index (χ3v) is 2.12. The third-order valence-electron chi connectivity index (χ3n) is 2.12. The summed E-state index contributed by atoms with van der Waals surface area (Å²) in [6, 6.07) is 3.78. The number of allylic oxidation sites excluding steroid dienone is 4. The summed E-state index contributed by atoms with van der Waals surface area (Å²) in [5.74, 6) is 1.50. The highest BCUT2D eigenvalue weighted by atomic mass is 19.1. The molecule has 0 bridgehead atoms. The molecule has 15 heavy (non-hydrogen) atoms. The minimum absolute atomic E-state index is 0.157. The zero-order valence-electron chi connectivity index (χ0n) is 9.51. The molecule has 0 aliphatic heterocycles. The Morgan fingerprint density at radius 1 is 1.27 bits per heavy atom. The Hall–Kier alpha value is -1.31. The van der Waals surface area contributed by atoms with Gasteiger partial charge in [0.15, 0.2) is 0 Å². The number of furan rings is 1. The molecule has 0 amide bonds. The maximum atomic E-state index is 12.9. The molecule has 1 nitrogen and oxygen atoms in total. The van der Waals surface area contributed by atoms with Crippen LogP contribution in [0.15, 0.2) is 34.5 Å². The average Bonchev–Trinajstić information content (AvgIpc) is 2.68. The number of hydrogen-bond acceptors (Lipinski definition) is 1. The number of halogens is 1. The number of aryl methyl sites for hydroxylation is 1. The zero-order valence-corrected chi connectivity index (χ0v) is 9.51. The maximum absolute atomic E-state index is 12.9. The van der Waals surface area contributed by atoms with Crippen LogP contribution in [0, 0.1) is 6.92 Å². The molecule has 0 N–H and O–H groups in total. The van der Waals surface area contributed by atoms with Crippen molar-refractivity contribution in [3.63, 3.8) is 0 Å². The normalized spacial score (nSPS) is 14.9. The molecule has 2 rings (SSSR count). The van der Waals surface area contributed by atoms with Gasteiger partial charge in [0.05, 0.1) is 0 Å². The fraction of sp³-hybridized carbons (Fsp3) is 0.385. The minimum Gasteiger partial charge on any atom is -0.462 e. The monoisotopic (exact) mass is 208 g/mol. The van der Waals surface area contributed by atoms with Gasteiger partial charge in [-0.3, -0.25) is 0 Å². The molecule has 1 aliphatic carbocycles. The first kappa shape index (κ1) is 11.8. The molecule has 0 saturated heterocycles. The number of rotatable bonds is 1. The van der Waals surface area contributed by atoms with Gasteiger partial charge in [-0.1, -0.05) is 13.8 Å². The first-order valence-corrected chi connectivity index (χ1v) is 5.39. The molecule has 2 heteroatoms. The van der Waals surface area contributed by atoms with Gasteiger partial charge in [-0.2, -0.15) is 0 Å². The predicted molar refractivity (Wildman–Crippen MR) is 61.2 cm³/mol. The largest absolute Gasteiger partial charge is 0.462 e. The minimum atomic E-state index is -0.157. The second-order valence-corrected chi connectivity index (χ2v) is 3.21. The van der Waals surface area contributed by atoms with Gasteiger partial charge in [-0.25, -0.2) is 4.39 Å². The molecular weight excluding hydrogens is 191 g/mol. The van der Waals surface area contributed by atoms with Crippen LogP contribution in [-0.4, -0.2) is 0 Å². The Labute approximate surface area is 90.3 Å². The van der Waals surface area contributed by atoms with Crippen molar-refractivity contribution < 1.29 is 8.81 Å². The number of hydrogen-bond donors (Lipinski definition) is 0. The summed E-state index contributed by atoms with van der Waals surface area (Å²) >= 11 is 0. The van der Waals surface area contributed by atoms with E-state index in [2.05, 4.69) is 0 Å². The molecule has 0 fully saturated rings. The van der Waals surface area contributed by atoms with Gasteiger partial charge >= 0.3 is 0 Å². The molecule has 0 saturated carbocycles. The maximum Gasteiger partial charge on any atom is 0.130 e. The van der Waals surface area contributed by atoms with Gasteiger partial charge in [0.2, 0.25) is 0 Å². The van der Waals surface area contributed by atoms with Crippen LogP contribution in [0.5, 0.6) is 0 Å². The third kappa shape index (κ3) is 3.08. The van der Waals surface area contributed by atoms with E-state index in [0.29, 0.717) is 0 Å². The van der Waals surface area contributed by atoms with Crippen LogP contribution in [0.3, 0.4) is 0 Å². The quantitative estimate of drug-likeness (QED) is 0.655. The Kier molecular flexibility index (Phi) is 4.35. The molecule has 0 radical (unpaired) electrons. The molecule has 1 heterocycles. The standard InChI is InChI=1S/C11H11FO.C2H6/c1-8-5-6-11(13-8)9-3-2-4-10(12)7-9;1-2/h4-7H,2-3H2,1H3;1-2H3. The summed E-state index contributed by atoms with van der Waals surface area (Å²) in [4.78, 5) is 0. The lowest BCUT2D eigenvalue weighted by Gasteiger charge is -2.06. The van der Waals surface area contributed by atoms with E-state index in [1.165, 1.54) is 0 Å². The highest BCUT2D eigenvalue weighted by Gasteiger charge is 2.09. The second-order valence-electron chi connectivity index (χ2n) is 3.21. The lowest BCUT2D eigenvalue weighted by Crippen LogP contribution is -1.87. The van der Waals surface area contributed by atoms with Crippen molar-refractivity contribution in [1.29, 1.82) is 0 Å². The molecule has 1 aromatic rings. The SMILES string of the molecule is CC.Cc1ccc(C2=CC(F)=CCC2)o1. The highest BCUT2D eigenvalue weighted by Crippen LogP contribution is 2.27. The summed E-state index contributed by atoms with van der Waals surface area (Å²) in [5.41, 5.74) is 0.952. The Morgan fingerprint density at radius 2 is 2.00 bits per heavy atom. The smallest absolute Gasteiger partial charge is 0.130 e. The van der Waals surface area contributed by atoms with Crippen LogP contribution in [0.2, 0.25) is 0 Å². The van der Waals surface area contributed by atoms with Crippen molar-refractivity contribution >= 4 is 5.57 Å². The van der Waals surface area contributed by atoms with Crippen LogP contribution in [0.4, 0.5) is 4.39 Å². The molecule has 1 aliphatic rings. The predicted octanol–water partition coefficient (Wildman–Crippen LogP) is 4.64. The van der Waals surface area contributed by atoms with Crippen LogP contribution in [0.1, 0.15) is 38.2 Å². The van der Waals surface area contributed by atoms with Gasteiger partial charge in [-0.05, 0) is 49.6 Å². The molecular formula is C13H17FO. The Morgan fingerprint density at radius 3 is 2.53 bits per heavy atom. The summed E-state index contributed by atoms with van der Waals surface area (Å²) in [7, 11) is 0. The first-order valence-electron chi connectivity index (χ1n) is 5.39. The van der Waals surface area contributed by atoms with Crippen molar-refractivity contribution in [3.8, 4) is 0 Å². The van der Waals surface area contributed by atoms with E-state index < -0.39 is 0 Å². The fourth-order valence-corrected chi connectivity index (χ4v) is 1.46. The summed E-state index contributed by atoms with van der Waals surface area (Å²) in [6.45, 7) is 5.89. The van der Waals surface area contributed by atoms with E-state index in [1.54, 1.807) is 12.2 Å². The van der Waals surface area contributed by atoms with E-state index >= 15 is 0 Å². The van der Waals surface area contributed by atoms with Crippen LogP contribution in [0.25, 0.3) is 5.57 Å². The van der Waals surface area contributed by atoms with E-state index in [4.69, 9.17) is 4.42 Å². The fourth-order valence-electron chi connectivity index (χ4n) is 1.46. The van der Waals surface area contributed by atoms with E-state index in [-0.39, 0.29) is 5.83 Å². The van der Waals surface area contributed by atoms with Gasteiger partial charge in [-0.15, -0.1) is 0 Å². The molecule has 0 unspecified atom stereocenters. The molecule has 0 atom stereocenters. The van der Waals surface area contributed by atoms with Crippen LogP contribution < -0.4 is 0 Å². The van der Waals surface area contributed by atoms with Crippen LogP contribution >= 0.6 is 0 Å². The van der Waals surface area contributed by atoms with Crippen molar-refractivity contribution in [2.24, 2.45) is 0 Å². The van der Waals surface area contributed by atoms with E-state index in [9.17, 15) is 4.39 Å². The lowest BCUT2D eigenvalue weighted by molar-refractivity contribution is 0.518.